The quantitative estimate of drug-likeness (QED) is 0.837. The molecule has 0 spiro atoms. The van der Waals surface area contributed by atoms with Gasteiger partial charge in [-0.05, 0) is 25.8 Å². The van der Waals surface area contributed by atoms with Crippen molar-refractivity contribution < 1.29 is 9.59 Å². The lowest BCUT2D eigenvalue weighted by molar-refractivity contribution is -0.138. The van der Waals surface area contributed by atoms with Gasteiger partial charge in [-0.25, -0.2) is 0 Å². The number of nitrogens with one attached hydrogen (secondary N) is 1. The number of carbonyl (C=O) groups excluding carboxylic acids is 2. The summed E-state index contributed by atoms with van der Waals surface area (Å²) in [6.45, 7) is 6.56. The SMILES string of the molecule is CCCN1C(=O)CC(NC(C)c2ccc(C)cc2)C1=O. The van der Waals surface area contributed by atoms with Crippen LogP contribution in [0.15, 0.2) is 24.3 Å². The van der Waals surface area contributed by atoms with E-state index in [0.29, 0.717) is 6.54 Å². The van der Waals surface area contributed by atoms with Gasteiger partial charge in [0.25, 0.3) is 0 Å². The first kappa shape index (κ1) is 14.7. The molecule has 1 aromatic carbocycles. The summed E-state index contributed by atoms with van der Waals surface area (Å²) in [6, 6.07) is 7.89. The molecule has 0 aromatic heterocycles. The molecule has 1 saturated heterocycles. The van der Waals surface area contributed by atoms with E-state index in [0.717, 1.165) is 12.0 Å². The fraction of sp³-hybridized carbons (Fsp3) is 0.500. The molecule has 1 aromatic rings. The highest BCUT2D eigenvalue weighted by molar-refractivity contribution is 6.05. The van der Waals surface area contributed by atoms with Gasteiger partial charge in [-0.1, -0.05) is 36.8 Å². The van der Waals surface area contributed by atoms with Crippen LogP contribution in [0.5, 0.6) is 0 Å². The van der Waals surface area contributed by atoms with Crippen LogP contribution < -0.4 is 5.32 Å². The number of amides is 2. The molecular formula is C16H22N2O2. The largest absolute Gasteiger partial charge is 0.299 e. The number of aryl methyl sites for hydroxylation is 1. The molecule has 1 fully saturated rings. The number of imide groups is 1. The van der Waals surface area contributed by atoms with Crippen LogP contribution in [-0.4, -0.2) is 29.3 Å². The minimum absolute atomic E-state index is 0.0546. The third-order valence-corrected chi connectivity index (χ3v) is 3.72. The molecule has 2 unspecified atom stereocenters. The summed E-state index contributed by atoms with van der Waals surface area (Å²) >= 11 is 0. The van der Waals surface area contributed by atoms with E-state index in [1.807, 2.05) is 20.8 Å². The van der Waals surface area contributed by atoms with Gasteiger partial charge < -0.3 is 0 Å². The molecule has 20 heavy (non-hydrogen) atoms. The van der Waals surface area contributed by atoms with Gasteiger partial charge in [-0.2, -0.15) is 0 Å². The maximum atomic E-state index is 12.2. The maximum Gasteiger partial charge on any atom is 0.246 e. The minimum atomic E-state index is -0.384. The average Bonchev–Trinajstić information content (AvgIpc) is 2.67. The Morgan fingerprint density at radius 3 is 2.55 bits per heavy atom. The highest BCUT2D eigenvalue weighted by Crippen LogP contribution is 2.19. The van der Waals surface area contributed by atoms with E-state index in [1.165, 1.54) is 10.5 Å². The van der Waals surface area contributed by atoms with Crippen molar-refractivity contribution in [3.05, 3.63) is 35.4 Å². The Bertz CT molecular complexity index is 496. The van der Waals surface area contributed by atoms with E-state index < -0.39 is 0 Å². The summed E-state index contributed by atoms with van der Waals surface area (Å²) in [5, 5.41) is 3.27. The molecule has 2 amide bonds. The van der Waals surface area contributed by atoms with Crippen molar-refractivity contribution >= 4 is 11.8 Å². The molecule has 0 bridgehead atoms. The summed E-state index contributed by atoms with van der Waals surface area (Å²) in [7, 11) is 0. The number of likely N-dealkylation sites (tertiary alicyclic amines) is 1. The summed E-state index contributed by atoms with van der Waals surface area (Å²) in [5.41, 5.74) is 2.34. The van der Waals surface area contributed by atoms with Crippen LogP contribution in [0.3, 0.4) is 0 Å². The van der Waals surface area contributed by atoms with Gasteiger partial charge in [0.15, 0.2) is 0 Å². The highest BCUT2D eigenvalue weighted by Gasteiger charge is 2.38. The number of benzene rings is 1. The van der Waals surface area contributed by atoms with Crippen molar-refractivity contribution in [3.63, 3.8) is 0 Å². The second kappa shape index (κ2) is 6.18. The number of hydrogen-bond donors (Lipinski definition) is 1. The summed E-state index contributed by atoms with van der Waals surface area (Å²) < 4.78 is 0. The normalized spacial score (nSPS) is 20.6. The second-order valence-corrected chi connectivity index (χ2v) is 5.44. The minimum Gasteiger partial charge on any atom is -0.299 e. The average molecular weight is 274 g/mol. The van der Waals surface area contributed by atoms with Gasteiger partial charge in [0.2, 0.25) is 11.8 Å². The Labute approximate surface area is 120 Å². The molecule has 2 atom stereocenters. The van der Waals surface area contributed by atoms with Crippen molar-refractivity contribution in [2.45, 2.75) is 45.7 Å². The Kier molecular flexibility index (Phi) is 4.55. The summed E-state index contributed by atoms with van der Waals surface area (Å²) in [5.74, 6) is -0.152. The van der Waals surface area contributed by atoms with E-state index in [2.05, 4.69) is 29.6 Å². The first-order valence-electron chi connectivity index (χ1n) is 7.19. The number of hydrogen-bond acceptors (Lipinski definition) is 3. The molecule has 0 aliphatic carbocycles. The van der Waals surface area contributed by atoms with E-state index in [-0.39, 0.29) is 30.3 Å². The van der Waals surface area contributed by atoms with Crippen LogP contribution in [0.25, 0.3) is 0 Å². The zero-order valence-corrected chi connectivity index (χ0v) is 12.3. The fourth-order valence-electron chi connectivity index (χ4n) is 2.52. The molecule has 108 valence electrons. The van der Waals surface area contributed by atoms with Gasteiger partial charge in [-0.3, -0.25) is 19.8 Å². The molecule has 4 heteroatoms. The molecular weight excluding hydrogens is 252 g/mol. The van der Waals surface area contributed by atoms with E-state index in [1.54, 1.807) is 0 Å². The third-order valence-electron chi connectivity index (χ3n) is 3.72. The predicted molar refractivity (Wildman–Crippen MR) is 78.1 cm³/mol. The highest BCUT2D eigenvalue weighted by atomic mass is 16.2. The molecule has 4 nitrogen and oxygen atoms in total. The van der Waals surface area contributed by atoms with Gasteiger partial charge in [0, 0.05) is 12.6 Å². The van der Waals surface area contributed by atoms with Gasteiger partial charge in [0.05, 0.1) is 12.5 Å². The zero-order valence-electron chi connectivity index (χ0n) is 12.3. The molecule has 1 heterocycles. The molecule has 1 N–H and O–H groups in total. The van der Waals surface area contributed by atoms with Crippen LogP contribution in [0, 0.1) is 6.92 Å². The number of nitrogens with zero attached hydrogens (tertiary/aromatic N) is 1. The summed E-state index contributed by atoms with van der Waals surface area (Å²) in [6.07, 6.45) is 1.08. The molecule has 0 saturated carbocycles. The molecule has 0 radical (unpaired) electrons. The molecule has 1 aliphatic heterocycles. The fourth-order valence-corrected chi connectivity index (χ4v) is 2.52. The third kappa shape index (κ3) is 3.07. The smallest absolute Gasteiger partial charge is 0.246 e. The first-order chi connectivity index (χ1) is 9.52. The van der Waals surface area contributed by atoms with Crippen LogP contribution in [0.2, 0.25) is 0 Å². The van der Waals surface area contributed by atoms with Crippen molar-refractivity contribution in [2.24, 2.45) is 0 Å². The lowest BCUT2D eigenvalue weighted by Gasteiger charge is -2.19. The Morgan fingerprint density at radius 2 is 1.95 bits per heavy atom. The van der Waals surface area contributed by atoms with Crippen LogP contribution in [-0.2, 0) is 9.59 Å². The first-order valence-corrected chi connectivity index (χ1v) is 7.19. The summed E-state index contributed by atoms with van der Waals surface area (Å²) in [4.78, 5) is 25.4. The predicted octanol–water partition coefficient (Wildman–Crippen LogP) is 2.18. The van der Waals surface area contributed by atoms with Crippen molar-refractivity contribution in [1.82, 2.24) is 10.2 Å². The van der Waals surface area contributed by atoms with E-state index in [4.69, 9.17) is 0 Å². The van der Waals surface area contributed by atoms with Gasteiger partial charge >= 0.3 is 0 Å². The van der Waals surface area contributed by atoms with Crippen LogP contribution in [0.4, 0.5) is 0 Å². The van der Waals surface area contributed by atoms with Crippen LogP contribution in [0.1, 0.15) is 43.9 Å². The number of carbonyl (C=O) groups is 2. The number of rotatable bonds is 5. The lowest BCUT2D eigenvalue weighted by atomic mass is 10.1. The van der Waals surface area contributed by atoms with Crippen molar-refractivity contribution in [3.8, 4) is 0 Å². The zero-order chi connectivity index (χ0) is 14.7. The second-order valence-electron chi connectivity index (χ2n) is 5.44. The van der Waals surface area contributed by atoms with Gasteiger partial charge in [0.1, 0.15) is 0 Å². The maximum absolute atomic E-state index is 12.2. The van der Waals surface area contributed by atoms with E-state index >= 15 is 0 Å². The van der Waals surface area contributed by atoms with Gasteiger partial charge in [-0.15, -0.1) is 0 Å². The monoisotopic (exact) mass is 274 g/mol. The molecule has 1 aliphatic rings. The van der Waals surface area contributed by atoms with Crippen LogP contribution >= 0.6 is 0 Å². The Hall–Kier alpha value is -1.68. The Balaban J connectivity index is 2.01. The standard InChI is InChI=1S/C16H22N2O2/c1-4-9-18-15(19)10-14(16(18)20)17-12(3)13-7-5-11(2)6-8-13/h5-8,12,14,17H,4,9-10H2,1-3H3. The Morgan fingerprint density at radius 1 is 1.30 bits per heavy atom. The van der Waals surface area contributed by atoms with Crippen molar-refractivity contribution in [2.75, 3.05) is 6.54 Å². The molecule has 2 rings (SSSR count). The van der Waals surface area contributed by atoms with Crippen molar-refractivity contribution in [1.29, 1.82) is 0 Å². The lowest BCUT2D eigenvalue weighted by Crippen LogP contribution is -2.40. The van der Waals surface area contributed by atoms with E-state index in [9.17, 15) is 9.59 Å². The topological polar surface area (TPSA) is 49.4 Å².